The van der Waals surface area contributed by atoms with Crippen molar-refractivity contribution in [2.45, 2.75) is 13.0 Å². The van der Waals surface area contributed by atoms with Gasteiger partial charge in [0.05, 0.1) is 12.1 Å². The van der Waals surface area contributed by atoms with Crippen LogP contribution in [0, 0.1) is 11.3 Å². The normalized spacial score (nSPS) is 22.2. The summed E-state index contributed by atoms with van der Waals surface area (Å²) in [5.41, 5.74) is 0. The van der Waals surface area contributed by atoms with Crippen LogP contribution in [0.2, 0.25) is 0 Å². The topological polar surface area (TPSA) is 30.3 Å². The predicted octanol–water partition coefficient (Wildman–Crippen LogP) is 0.702. The van der Waals surface area contributed by atoms with E-state index in [0.717, 1.165) is 32.7 Å². The van der Waals surface area contributed by atoms with Crippen molar-refractivity contribution in [3.8, 4) is 6.07 Å². The van der Waals surface area contributed by atoms with E-state index in [-0.39, 0.29) is 6.04 Å². The van der Waals surface area contributed by atoms with Crippen molar-refractivity contribution >= 4 is 0 Å². The summed E-state index contributed by atoms with van der Waals surface area (Å²) < 4.78 is 0. The van der Waals surface area contributed by atoms with Crippen molar-refractivity contribution in [3.63, 3.8) is 0 Å². The number of nitriles is 1. The van der Waals surface area contributed by atoms with Crippen LogP contribution in [-0.2, 0) is 0 Å². The van der Waals surface area contributed by atoms with Crippen LogP contribution in [0.25, 0.3) is 0 Å². The first-order valence-corrected chi connectivity index (χ1v) is 4.75. The van der Waals surface area contributed by atoms with Crippen LogP contribution in [-0.4, -0.2) is 48.6 Å². The second kappa shape index (κ2) is 5.00. The molecule has 0 spiro atoms. The van der Waals surface area contributed by atoms with E-state index in [1.807, 2.05) is 13.0 Å². The molecule has 1 unspecified atom stereocenters. The highest BCUT2D eigenvalue weighted by Gasteiger charge is 2.19. The molecule has 0 aromatic carbocycles. The van der Waals surface area contributed by atoms with Gasteiger partial charge in [0.25, 0.3) is 0 Å². The number of hydrogen-bond donors (Lipinski definition) is 0. The highest BCUT2D eigenvalue weighted by atomic mass is 15.3. The summed E-state index contributed by atoms with van der Waals surface area (Å²) in [6.45, 7) is 10.8. The Morgan fingerprint density at radius 2 is 2.08 bits per heavy atom. The lowest BCUT2D eigenvalue weighted by Crippen LogP contribution is -2.49. The standard InChI is InChI=1S/C10H17N3/c1-3-4-12-5-7-13(8-6-12)10(2)9-11/h3,10H,1,4-8H2,2H3. The van der Waals surface area contributed by atoms with Crippen molar-refractivity contribution < 1.29 is 0 Å². The summed E-state index contributed by atoms with van der Waals surface area (Å²) in [5, 5.41) is 8.73. The fourth-order valence-corrected chi connectivity index (χ4v) is 1.60. The maximum absolute atomic E-state index is 8.73. The van der Waals surface area contributed by atoms with E-state index in [2.05, 4.69) is 22.4 Å². The van der Waals surface area contributed by atoms with Gasteiger partial charge in [0, 0.05) is 32.7 Å². The lowest BCUT2D eigenvalue weighted by atomic mass is 10.2. The minimum Gasteiger partial charge on any atom is -0.297 e. The van der Waals surface area contributed by atoms with Gasteiger partial charge in [-0.3, -0.25) is 9.80 Å². The molecular formula is C10H17N3. The Hall–Kier alpha value is -0.850. The molecule has 0 bridgehead atoms. The quantitative estimate of drug-likeness (QED) is 0.597. The molecule has 0 aliphatic carbocycles. The third-order valence-corrected chi connectivity index (χ3v) is 2.53. The van der Waals surface area contributed by atoms with Gasteiger partial charge >= 0.3 is 0 Å². The largest absolute Gasteiger partial charge is 0.297 e. The third kappa shape index (κ3) is 2.83. The zero-order chi connectivity index (χ0) is 9.68. The van der Waals surface area contributed by atoms with Gasteiger partial charge in [-0.25, -0.2) is 0 Å². The molecule has 1 aliphatic heterocycles. The van der Waals surface area contributed by atoms with Crippen LogP contribution in [0.5, 0.6) is 0 Å². The van der Waals surface area contributed by atoms with Crippen LogP contribution in [0.15, 0.2) is 12.7 Å². The van der Waals surface area contributed by atoms with Gasteiger partial charge in [-0.05, 0) is 6.92 Å². The van der Waals surface area contributed by atoms with Crippen LogP contribution in [0.1, 0.15) is 6.92 Å². The van der Waals surface area contributed by atoms with Crippen molar-refractivity contribution in [2.75, 3.05) is 32.7 Å². The summed E-state index contributed by atoms with van der Waals surface area (Å²) in [6.07, 6.45) is 1.93. The van der Waals surface area contributed by atoms with Crippen LogP contribution >= 0.6 is 0 Å². The van der Waals surface area contributed by atoms with Crippen molar-refractivity contribution in [3.05, 3.63) is 12.7 Å². The lowest BCUT2D eigenvalue weighted by Gasteiger charge is -2.35. The number of nitrogens with zero attached hydrogens (tertiary/aromatic N) is 3. The van der Waals surface area contributed by atoms with Crippen molar-refractivity contribution in [1.82, 2.24) is 9.80 Å². The van der Waals surface area contributed by atoms with Crippen molar-refractivity contribution in [1.29, 1.82) is 5.26 Å². The molecular weight excluding hydrogens is 162 g/mol. The second-order valence-corrected chi connectivity index (χ2v) is 3.43. The molecule has 72 valence electrons. The fourth-order valence-electron chi connectivity index (χ4n) is 1.60. The minimum absolute atomic E-state index is 0.0610. The highest BCUT2D eigenvalue weighted by molar-refractivity contribution is 4.90. The van der Waals surface area contributed by atoms with Gasteiger partial charge in [0.15, 0.2) is 0 Å². The zero-order valence-electron chi connectivity index (χ0n) is 8.24. The maximum atomic E-state index is 8.73. The van der Waals surface area contributed by atoms with Crippen molar-refractivity contribution in [2.24, 2.45) is 0 Å². The predicted molar refractivity (Wildman–Crippen MR) is 53.3 cm³/mol. The number of hydrogen-bond acceptors (Lipinski definition) is 3. The lowest BCUT2D eigenvalue weighted by molar-refractivity contribution is 0.128. The Balaban J connectivity index is 2.31. The molecule has 0 amide bonds. The average Bonchev–Trinajstić information content (AvgIpc) is 2.18. The maximum Gasteiger partial charge on any atom is 0.0950 e. The first kappa shape index (κ1) is 10.2. The summed E-state index contributed by atoms with van der Waals surface area (Å²) in [5.74, 6) is 0. The summed E-state index contributed by atoms with van der Waals surface area (Å²) in [6, 6.07) is 2.33. The Kier molecular flexibility index (Phi) is 3.94. The molecule has 1 heterocycles. The molecule has 1 fully saturated rings. The highest BCUT2D eigenvalue weighted by Crippen LogP contribution is 2.05. The Bertz CT molecular complexity index is 199. The molecule has 1 atom stereocenters. The smallest absolute Gasteiger partial charge is 0.0950 e. The minimum atomic E-state index is 0.0610. The Labute approximate surface area is 80.2 Å². The molecule has 0 radical (unpaired) electrons. The van der Waals surface area contributed by atoms with Crippen LogP contribution < -0.4 is 0 Å². The summed E-state index contributed by atoms with van der Waals surface area (Å²) >= 11 is 0. The molecule has 0 N–H and O–H groups in total. The Morgan fingerprint density at radius 1 is 1.46 bits per heavy atom. The Morgan fingerprint density at radius 3 is 2.54 bits per heavy atom. The molecule has 1 saturated heterocycles. The second-order valence-electron chi connectivity index (χ2n) is 3.43. The zero-order valence-corrected chi connectivity index (χ0v) is 8.24. The molecule has 3 nitrogen and oxygen atoms in total. The van der Waals surface area contributed by atoms with E-state index in [0.29, 0.717) is 0 Å². The van der Waals surface area contributed by atoms with Gasteiger partial charge in [0.1, 0.15) is 0 Å². The fraction of sp³-hybridized carbons (Fsp3) is 0.700. The molecule has 0 aromatic heterocycles. The van der Waals surface area contributed by atoms with Crippen LogP contribution in [0.4, 0.5) is 0 Å². The first-order valence-electron chi connectivity index (χ1n) is 4.75. The number of piperazine rings is 1. The SMILES string of the molecule is C=CCN1CCN(C(C)C#N)CC1. The van der Waals surface area contributed by atoms with Gasteiger partial charge in [0.2, 0.25) is 0 Å². The monoisotopic (exact) mass is 179 g/mol. The molecule has 3 heteroatoms. The van der Waals surface area contributed by atoms with E-state index in [1.54, 1.807) is 0 Å². The summed E-state index contributed by atoms with van der Waals surface area (Å²) in [4.78, 5) is 4.58. The van der Waals surface area contributed by atoms with Gasteiger partial charge in [-0.2, -0.15) is 5.26 Å². The van der Waals surface area contributed by atoms with E-state index >= 15 is 0 Å². The molecule has 1 rings (SSSR count). The molecule has 0 aromatic rings. The third-order valence-electron chi connectivity index (χ3n) is 2.53. The average molecular weight is 179 g/mol. The van der Waals surface area contributed by atoms with E-state index in [4.69, 9.17) is 5.26 Å². The van der Waals surface area contributed by atoms with E-state index in [9.17, 15) is 0 Å². The molecule has 13 heavy (non-hydrogen) atoms. The van der Waals surface area contributed by atoms with Gasteiger partial charge < -0.3 is 0 Å². The van der Waals surface area contributed by atoms with E-state index in [1.165, 1.54) is 0 Å². The van der Waals surface area contributed by atoms with Crippen LogP contribution in [0.3, 0.4) is 0 Å². The van der Waals surface area contributed by atoms with E-state index < -0.39 is 0 Å². The molecule has 1 aliphatic rings. The molecule has 0 saturated carbocycles. The van der Waals surface area contributed by atoms with Gasteiger partial charge in [-0.15, -0.1) is 6.58 Å². The number of rotatable bonds is 3. The van der Waals surface area contributed by atoms with Gasteiger partial charge in [-0.1, -0.05) is 6.08 Å². The summed E-state index contributed by atoms with van der Waals surface area (Å²) in [7, 11) is 0. The first-order chi connectivity index (χ1) is 6.27.